The van der Waals surface area contributed by atoms with E-state index in [1.807, 2.05) is 48.1 Å². The van der Waals surface area contributed by atoms with E-state index in [1.54, 1.807) is 0 Å². The van der Waals surface area contributed by atoms with Crippen LogP contribution in [-0.2, 0) is 11.8 Å². The summed E-state index contributed by atoms with van der Waals surface area (Å²) in [6.07, 6.45) is 4.65. The van der Waals surface area contributed by atoms with E-state index in [9.17, 15) is 4.79 Å². The molecular formula is C24H20N6O. The molecule has 0 saturated heterocycles. The van der Waals surface area contributed by atoms with Crippen molar-refractivity contribution in [1.82, 2.24) is 19.5 Å². The quantitative estimate of drug-likeness (QED) is 0.381. The number of fused-ring (bicyclic) bond motifs is 2. The van der Waals surface area contributed by atoms with Gasteiger partial charge in [-0.05, 0) is 46.9 Å². The normalized spacial score (nSPS) is 11.1. The number of anilines is 2. The summed E-state index contributed by atoms with van der Waals surface area (Å²) in [6, 6.07) is 16.0. The molecule has 152 valence electrons. The zero-order valence-electron chi connectivity index (χ0n) is 16.9. The van der Waals surface area contributed by atoms with E-state index in [2.05, 4.69) is 45.0 Å². The predicted molar refractivity (Wildman–Crippen MR) is 124 cm³/mol. The minimum absolute atomic E-state index is 0.250. The Labute approximate surface area is 178 Å². The number of aryl methyl sites for hydroxylation is 1. The average molecular weight is 408 g/mol. The number of hydrogen-bond donors (Lipinski definition) is 3. The number of aromatic nitrogens is 4. The number of benzene rings is 2. The van der Waals surface area contributed by atoms with Crippen molar-refractivity contribution in [3.8, 4) is 22.4 Å². The molecule has 0 spiro atoms. The number of hydrogen-bond acceptors (Lipinski definition) is 4. The molecule has 31 heavy (non-hydrogen) atoms. The van der Waals surface area contributed by atoms with Gasteiger partial charge in [-0.3, -0.25) is 4.79 Å². The van der Waals surface area contributed by atoms with Crippen LogP contribution in [0, 0.1) is 0 Å². The van der Waals surface area contributed by atoms with Crippen LogP contribution in [0.1, 0.15) is 0 Å². The molecular weight excluding hydrogens is 388 g/mol. The predicted octanol–water partition coefficient (Wildman–Crippen LogP) is 4.49. The van der Waals surface area contributed by atoms with Crippen LogP contribution in [0.3, 0.4) is 0 Å². The molecule has 0 fully saturated rings. The maximum absolute atomic E-state index is 11.6. The first-order valence-electron chi connectivity index (χ1n) is 9.77. The van der Waals surface area contributed by atoms with Gasteiger partial charge in [-0.25, -0.2) is 9.97 Å². The maximum Gasteiger partial charge on any atom is 0.247 e. The highest BCUT2D eigenvalue weighted by atomic mass is 16.1. The topological polar surface area (TPSA) is 102 Å². The fourth-order valence-corrected chi connectivity index (χ4v) is 4.00. The van der Waals surface area contributed by atoms with Crippen molar-refractivity contribution in [2.45, 2.75) is 0 Å². The lowest BCUT2D eigenvalue weighted by Crippen LogP contribution is -2.06. The van der Waals surface area contributed by atoms with Crippen LogP contribution >= 0.6 is 0 Å². The summed E-state index contributed by atoms with van der Waals surface area (Å²) in [5.41, 5.74) is 12.7. The molecule has 0 aliphatic rings. The summed E-state index contributed by atoms with van der Waals surface area (Å²) >= 11 is 0. The average Bonchev–Trinajstić information content (AvgIpc) is 3.37. The highest BCUT2D eigenvalue weighted by Crippen LogP contribution is 2.42. The summed E-state index contributed by atoms with van der Waals surface area (Å²) in [5.74, 6) is 0.184. The van der Waals surface area contributed by atoms with Gasteiger partial charge < -0.3 is 20.6 Å². The van der Waals surface area contributed by atoms with E-state index in [4.69, 9.17) is 5.73 Å². The molecule has 3 aromatic heterocycles. The van der Waals surface area contributed by atoms with Gasteiger partial charge >= 0.3 is 0 Å². The Hall–Kier alpha value is -4.39. The zero-order chi connectivity index (χ0) is 21.5. The van der Waals surface area contributed by atoms with Crippen molar-refractivity contribution in [3.63, 3.8) is 0 Å². The van der Waals surface area contributed by atoms with E-state index in [-0.39, 0.29) is 5.91 Å². The number of nitrogens with one attached hydrogen (secondary N) is 2. The fraction of sp³-hybridized carbons (Fsp3) is 0.0417. The Kier molecular flexibility index (Phi) is 4.29. The first-order valence-corrected chi connectivity index (χ1v) is 9.77. The van der Waals surface area contributed by atoms with Crippen molar-refractivity contribution in [2.24, 2.45) is 7.05 Å². The van der Waals surface area contributed by atoms with Crippen molar-refractivity contribution >= 4 is 39.3 Å². The van der Waals surface area contributed by atoms with Crippen LogP contribution < -0.4 is 11.1 Å². The van der Waals surface area contributed by atoms with Gasteiger partial charge in [-0.2, -0.15) is 0 Å². The number of amides is 1. The smallest absolute Gasteiger partial charge is 0.247 e. The summed E-state index contributed by atoms with van der Waals surface area (Å²) in [7, 11) is 1.97. The number of carbonyl (C=O) groups is 1. The number of rotatable bonds is 4. The molecule has 3 heterocycles. The van der Waals surface area contributed by atoms with Gasteiger partial charge in [0.2, 0.25) is 5.91 Å². The summed E-state index contributed by atoms with van der Waals surface area (Å²) in [4.78, 5) is 23.6. The molecule has 0 radical (unpaired) electrons. The molecule has 5 aromatic rings. The molecule has 0 saturated carbocycles. The minimum Gasteiger partial charge on any atom is -0.383 e. The van der Waals surface area contributed by atoms with Gasteiger partial charge in [0, 0.05) is 30.0 Å². The van der Waals surface area contributed by atoms with Gasteiger partial charge in [0.15, 0.2) is 0 Å². The molecule has 7 heteroatoms. The van der Waals surface area contributed by atoms with Crippen molar-refractivity contribution < 1.29 is 4.79 Å². The second-order valence-corrected chi connectivity index (χ2v) is 7.29. The Morgan fingerprint density at radius 2 is 1.90 bits per heavy atom. The SMILES string of the molecule is C=CC(=O)Nc1ccc(-c2c(-c3ccc4cc[nH]c4c3)c3c(N)ncnc3n2C)cc1. The molecule has 0 bridgehead atoms. The lowest BCUT2D eigenvalue weighted by Gasteiger charge is -2.10. The Morgan fingerprint density at radius 3 is 2.68 bits per heavy atom. The summed E-state index contributed by atoms with van der Waals surface area (Å²) < 4.78 is 2.03. The minimum atomic E-state index is -0.250. The summed E-state index contributed by atoms with van der Waals surface area (Å²) in [5, 5.41) is 4.72. The molecule has 4 N–H and O–H groups in total. The lowest BCUT2D eigenvalue weighted by molar-refractivity contribution is -0.111. The first kappa shape index (κ1) is 18.6. The Bertz CT molecular complexity index is 1460. The van der Waals surface area contributed by atoms with Gasteiger partial charge in [0.25, 0.3) is 0 Å². The second-order valence-electron chi connectivity index (χ2n) is 7.29. The van der Waals surface area contributed by atoms with Crippen LogP contribution in [0.5, 0.6) is 0 Å². The van der Waals surface area contributed by atoms with Crippen LogP contribution in [-0.4, -0.2) is 25.4 Å². The molecule has 0 unspecified atom stereocenters. The highest BCUT2D eigenvalue weighted by Gasteiger charge is 2.22. The monoisotopic (exact) mass is 408 g/mol. The molecule has 5 rings (SSSR count). The third kappa shape index (κ3) is 3.03. The first-order chi connectivity index (χ1) is 15.1. The van der Waals surface area contributed by atoms with Crippen LogP contribution in [0.2, 0.25) is 0 Å². The molecule has 2 aromatic carbocycles. The number of nitrogens with two attached hydrogens (primary N) is 1. The molecule has 1 amide bonds. The van der Waals surface area contributed by atoms with Gasteiger partial charge in [0.05, 0.1) is 11.1 Å². The molecule has 0 aliphatic heterocycles. The largest absolute Gasteiger partial charge is 0.383 e. The van der Waals surface area contributed by atoms with E-state index < -0.39 is 0 Å². The highest BCUT2D eigenvalue weighted by molar-refractivity contribution is 6.08. The van der Waals surface area contributed by atoms with Crippen LogP contribution in [0.4, 0.5) is 11.5 Å². The maximum atomic E-state index is 11.6. The number of H-pyrrole nitrogens is 1. The van der Waals surface area contributed by atoms with E-state index in [1.165, 1.54) is 12.4 Å². The van der Waals surface area contributed by atoms with E-state index in [0.29, 0.717) is 11.5 Å². The number of nitrogen functional groups attached to an aromatic ring is 1. The standard InChI is InChI=1S/C24H20N6O/c1-3-19(31)29-17-8-6-15(7-9-17)22-20(16-5-4-14-10-11-26-18(14)12-16)21-23(25)27-13-28-24(21)30(22)2/h3-13,26H,1H2,2H3,(H,29,31)(H2,25,27,28). The molecule has 0 aliphatic carbocycles. The fourth-order valence-electron chi connectivity index (χ4n) is 4.00. The van der Waals surface area contributed by atoms with E-state index in [0.717, 1.165) is 44.3 Å². The lowest BCUT2D eigenvalue weighted by atomic mass is 9.98. The molecule has 7 nitrogen and oxygen atoms in total. The third-order valence-electron chi connectivity index (χ3n) is 5.45. The van der Waals surface area contributed by atoms with Crippen LogP contribution in [0.15, 0.2) is 73.7 Å². The van der Waals surface area contributed by atoms with Crippen molar-refractivity contribution in [3.05, 3.63) is 73.7 Å². The third-order valence-corrected chi connectivity index (χ3v) is 5.45. The summed E-state index contributed by atoms with van der Waals surface area (Å²) in [6.45, 7) is 3.49. The van der Waals surface area contributed by atoms with E-state index >= 15 is 0 Å². The molecule has 0 atom stereocenters. The van der Waals surface area contributed by atoms with Crippen molar-refractivity contribution in [1.29, 1.82) is 0 Å². The number of nitrogens with zero attached hydrogens (tertiary/aromatic N) is 3. The second kappa shape index (κ2) is 7.14. The van der Waals surface area contributed by atoms with Gasteiger partial charge in [-0.1, -0.05) is 30.8 Å². The zero-order valence-corrected chi connectivity index (χ0v) is 16.9. The van der Waals surface area contributed by atoms with Gasteiger partial charge in [0.1, 0.15) is 17.8 Å². The Morgan fingerprint density at radius 1 is 1.13 bits per heavy atom. The van der Waals surface area contributed by atoms with Crippen molar-refractivity contribution in [2.75, 3.05) is 11.1 Å². The van der Waals surface area contributed by atoms with Crippen LogP contribution in [0.25, 0.3) is 44.3 Å². The number of carbonyl (C=O) groups excluding carboxylic acids is 1. The number of aromatic amines is 1. The Balaban J connectivity index is 1.75. The van der Waals surface area contributed by atoms with Gasteiger partial charge in [-0.15, -0.1) is 0 Å².